The van der Waals surface area contributed by atoms with E-state index in [2.05, 4.69) is 21.0 Å². The van der Waals surface area contributed by atoms with Crippen LogP contribution in [0, 0.1) is 12.7 Å². The first-order valence-corrected chi connectivity index (χ1v) is 6.08. The molecule has 2 aromatic rings. The fraction of sp³-hybridized carbons (Fsp3) is 0.182. The van der Waals surface area contributed by atoms with Crippen molar-refractivity contribution in [2.75, 3.05) is 5.73 Å². The normalized spacial score (nSPS) is 10.8. The van der Waals surface area contributed by atoms with E-state index in [1.54, 1.807) is 23.7 Å². The quantitative estimate of drug-likeness (QED) is 0.922. The fourth-order valence-electron chi connectivity index (χ4n) is 1.51. The van der Waals surface area contributed by atoms with Gasteiger partial charge in [0, 0.05) is 0 Å². The summed E-state index contributed by atoms with van der Waals surface area (Å²) in [4.78, 5) is 0. The lowest BCUT2D eigenvalue weighted by atomic mass is 10.2. The van der Waals surface area contributed by atoms with Crippen LogP contribution in [0.1, 0.15) is 11.3 Å². The van der Waals surface area contributed by atoms with Crippen LogP contribution < -0.4 is 5.73 Å². The van der Waals surface area contributed by atoms with E-state index in [4.69, 9.17) is 17.3 Å². The molecule has 0 fully saturated rings. The highest BCUT2D eigenvalue weighted by Crippen LogP contribution is 2.23. The zero-order valence-electron chi connectivity index (χ0n) is 9.04. The molecule has 1 aromatic heterocycles. The molecule has 3 nitrogen and oxygen atoms in total. The molecule has 2 rings (SSSR count). The second kappa shape index (κ2) is 4.66. The summed E-state index contributed by atoms with van der Waals surface area (Å²) in [6.07, 6.45) is 0. The van der Waals surface area contributed by atoms with Gasteiger partial charge in [-0.3, -0.25) is 0 Å². The van der Waals surface area contributed by atoms with Crippen molar-refractivity contribution in [2.45, 2.75) is 13.5 Å². The van der Waals surface area contributed by atoms with Crippen molar-refractivity contribution in [1.29, 1.82) is 0 Å². The highest BCUT2D eigenvalue weighted by Gasteiger charge is 2.10. The average molecular weight is 319 g/mol. The SMILES string of the molecule is Cc1nn(Cc2ccc(Br)c(F)c2)c(N)c1Cl. The van der Waals surface area contributed by atoms with Gasteiger partial charge >= 0.3 is 0 Å². The van der Waals surface area contributed by atoms with Crippen LogP contribution in [-0.2, 0) is 6.54 Å². The van der Waals surface area contributed by atoms with Gasteiger partial charge in [-0.05, 0) is 40.5 Å². The molecule has 0 aliphatic carbocycles. The van der Waals surface area contributed by atoms with E-state index in [1.165, 1.54) is 6.07 Å². The molecule has 0 atom stereocenters. The maximum absolute atomic E-state index is 13.3. The monoisotopic (exact) mass is 317 g/mol. The van der Waals surface area contributed by atoms with Gasteiger partial charge in [0.05, 0.1) is 16.7 Å². The molecule has 2 N–H and O–H groups in total. The molecule has 17 heavy (non-hydrogen) atoms. The highest BCUT2D eigenvalue weighted by molar-refractivity contribution is 9.10. The first-order chi connectivity index (χ1) is 7.99. The van der Waals surface area contributed by atoms with E-state index in [9.17, 15) is 4.39 Å². The molecular weight excluding hydrogens is 308 g/mol. The first kappa shape index (κ1) is 12.4. The number of aryl methyl sites for hydroxylation is 1. The molecule has 6 heteroatoms. The van der Waals surface area contributed by atoms with Gasteiger partial charge in [-0.2, -0.15) is 5.10 Å². The summed E-state index contributed by atoms with van der Waals surface area (Å²) in [5, 5.41) is 4.63. The molecule has 0 saturated carbocycles. The lowest BCUT2D eigenvalue weighted by molar-refractivity contribution is 0.613. The molecule has 0 unspecified atom stereocenters. The molecule has 0 aliphatic heterocycles. The number of benzene rings is 1. The lowest BCUT2D eigenvalue weighted by Crippen LogP contribution is -2.06. The zero-order chi connectivity index (χ0) is 12.6. The Bertz CT molecular complexity index is 568. The van der Waals surface area contributed by atoms with E-state index < -0.39 is 0 Å². The smallest absolute Gasteiger partial charge is 0.141 e. The zero-order valence-corrected chi connectivity index (χ0v) is 11.4. The maximum Gasteiger partial charge on any atom is 0.141 e. The van der Waals surface area contributed by atoms with Crippen molar-refractivity contribution in [2.24, 2.45) is 0 Å². The van der Waals surface area contributed by atoms with Gasteiger partial charge in [0.2, 0.25) is 0 Å². The third kappa shape index (κ3) is 2.45. The van der Waals surface area contributed by atoms with Gasteiger partial charge in [0.1, 0.15) is 16.7 Å². The molecule has 0 aliphatic rings. The minimum Gasteiger partial charge on any atom is -0.383 e. The number of nitrogens with two attached hydrogens (primary N) is 1. The summed E-state index contributed by atoms with van der Waals surface area (Å²) >= 11 is 9.03. The Morgan fingerprint density at radius 2 is 2.24 bits per heavy atom. The van der Waals surface area contributed by atoms with E-state index in [0.717, 1.165) is 5.56 Å². The molecule has 1 heterocycles. The number of aromatic nitrogens is 2. The fourth-order valence-corrected chi connectivity index (χ4v) is 1.89. The van der Waals surface area contributed by atoms with Gasteiger partial charge in [-0.25, -0.2) is 9.07 Å². The van der Waals surface area contributed by atoms with Crippen LogP contribution in [0.3, 0.4) is 0 Å². The lowest BCUT2D eigenvalue weighted by Gasteiger charge is -2.05. The maximum atomic E-state index is 13.3. The van der Waals surface area contributed by atoms with Crippen LogP contribution in [0.2, 0.25) is 5.02 Å². The van der Waals surface area contributed by atoms with Gasteiger partial charge in [-0.1, -0.05) is 17.7 Å². The van der Waals surface area contributed by atoms with Gasteiger partial charge in [0.25, 0.3) is 0 Å². The standard InChI is InChI=1S/C11H10BrClFN3/c1-6-10(13)11(15)17(16-6)5-7-2-3-8(12)9(14)4-7/h2-4H,5,15H2,1H3. The topological polar surface area (TPSA) is 43.8 Å². The number of nitrogen functional groups attached to an aromatic ring is 1. The number of anilines is 1. The minimum atomic E-state index is -0.309. The van der Waals surface area contributed by atoms with Gasteiger partial charge < -0.3 is 5.73 Å². The Labute approximate surface area is 112 Å². The summed E-state index contributed by atoms with van der Waals surface area (Å²) in [5.41, 5.74) is 7.23. The van der Waals surface area contributed by atoms with E-state index in [0.29, 0.717) is 27.6 Å². The van der Waals surface area contributed by atoms with Crippen molar-refractivity contribution >= 4 is 33.3 Å². The van der Waals surface area contributed by atoms with Crippen LogP contribution in [0.15, 0.2) is 22.7 Å². The van der Waals surface area contributed by atoms with Gasteiger partial charge in [-0.15, -0.1) is 0 Å². The second-order valence-electron chi connectivity index (χ2n) is 3.69. The Morgan fingerprint density at radius 3 is 2.76 bits per heavy atom. The third-order valence-electron chi connectivity index (χ3n) is 2.41. The summed E-state index contributed by atoms with van der Waals surface area (Å²) < 4.78 is 15.3. The molecule has 0 bridgehead atoms. The number of rotatable bonds is 2. The second-order valence-corrected chi connectivity index (χ2v) is 4.92. The van der Waals surface area contributed by atoms with Crippen molar-refractivity contribution in [3.63, 3.8) is 0 Å². The van der Waals surface area contributed by atoms with Crippen molar-refractivity contribution in [3.8, 4) is 0 Å². The molecule has 1 aromatic carbocycles. The van der Waals surface area contributed by atoms with Crippen LogP contribution in [0.4, 0.5) is 10.2 Å². The Balaban J connectivity index is 2.31. The predicted octanol–water partition coefficient (Wildman–Crippen LogP) is 3.38. The largest absolute Gasteiger partial charge is 0.383 e. The number of hydrogen-bond donors (Lipinski definition) is 1. The highest BCUT2D eigenvalue weighted by atomic mass is 79.9. The Hall–Kier alpha value is -1.07. The van der Waals surface area contributed by atoms with Crippen molar-refractivity contribution < 1.29 is 4.39 Å². The summed E-state index contributed by atoms with van der Waals surface area (Å²) in [5.74, 6) is 0.0866. The molecule has 0 radical (unpaired) electrons. The van der Waals surface area contributed by atoms with Crippen LogP contribution in [0.5, 0.6) is 0 Å². The number of halogens is 3. The van der Waals surface area contributed by atoms with Crippen molar-refractivity contribution in [3.05, 3.63) is 44.8 Å². The van der Waals surface area contributed by atoms with E-state index in [-0.39, 0.29) is 5.82 Å². The molecule has 0 amide bonds. The average Bonchev–Trinajstić information content (AvgIpc) is 2.52. The minimum absolute atomic E-state index is 0.309. The van der Waals surface area contributed by atoms with Crippen molar-refractivity contribution in [1.82, 2.24) is 9.78 Å². The van der Waals surface area contributed by atoms with Crippen LogP contribution in [0.25, 0.3) is 0 Å². The number of nitrogens with zero attached hydrogens (tertiary/aromatic N) is 2. The molecule has 90 valence electrons. The molecule has 0 spiro atoms. The van der Waals surface area contributed by atoms with E-state index >= 15 is 0 Å². The summed E-state index contributed by atoms with van der Waals surface area (Å²) in [6.45, 7) is 2.17. The van der Waals surface area contributed by atoms with Crippen LogP contribution in [-0.4, -0.2) is 9.78 Å². The summed E-state index contributed by atoms with van der Waals surface area (Å²) in [7, 11) is 0. The first-order valence-electron chi connectivity index (χ1n) is 4.91. The third-order valence-corrected chi connectivity index (χ3v) is 3.52. The van der Waals surface area contributed by atoms with E-state index in [1.807, 2.05) is 0 Å². The summed E-state index contributed by atoms with van der Waals surface area (Å²) in [6, 6.07) is 4.89. The Morgan fingerprint density at radius 1 is 1.53 bits per heavy atom. The predicted molar refractivity (Wildman–Crippen MR) is 69.6 cm³/mol. The van der Waals surface area contributed by atoms with Crippen LogP contribution >= 0.6 is 27.5 Å². The van der Waals surface area contributed by atoms with Gasteiger partial charge in [0.15, 0.2) is 0 Å². The molecular formula is C11H10BrClFN3. The number of hydrogen-bond acceptors (Lipinski definition) is 2. The molecule has 0 saturated heterocycles. The Kier molecular flexibility index (Phi) is 3.40.